The van der Waals surface area contributed by atoms with Gasteiger partial charge in [0.1, 0.15) is 36.4 Å². The molecule has 2 aliphatic rings. The van der Waals surface area contributed by atoms with E-state index in [1.54, 1.807) is 16.3 Å². The minimum atomic E-state index is -1.10. The lowest BCUT2D eigenvalue weighted by molar-refractivity contribution is -0.105. The van der Waals surface area contributed by atoms with Crippen LogP contribution in [0.2, 0.25) is 0 Å². The minimum Gasteiger partial charge on any atom is -0.387 e. The Morgan fingerprint density at radius 1 is 1.24 bits per heavy atom. The molecular formula is C16H16N4O4S. The van der Waals surface area contributed by atoms with Gasteiger partial charge in [-0.05, 0) is 13.0 Å². The summed E-state index contributed by atoms with van der Waals surface area (Å²) in [6, 6.07) is 1.88. The van der Waals surface area contributed by atoms with Crippen LogP contribution in [0.3, 0.4) is 0 Å². The quantitative estimate of drug-likeness (QED) is 0.705. The van der Waals surface area contributed by atoms with Crippen molar-refractivity contribution >= 4 is 22.4 Å². The third-order valence-electron chi connectivity index (χ3n) is 4.89. The average molecular weight is 360 g/mol. The zero-order valence-corrected chi connectivity index (χ0v) is 14.1. The second-order valence-electron chi connectivity index (χ2n) is 6.28. The molecule has 5 rings (SSSR count). The maximum atomic E-state index is 10.6. The highest BCUT2D eigenvalue weighted by Gasteiger charge is 2.50. The lowest BCUT2D eigenvalue weighted by Gasteiger charge is -2.20. The molecule has 0 amide bonds. The zero-order valence-electron chi connectivity index (χ0n) is 13.3. The molecule has 5 heterocycles. The summed E-state index contributed by atoms with van der Waals surface area (Å²) in [5.41, 5.74) is 4.05. The van der Waals surface area contributed by atoms with Gasteiger partial charge in [0.2, 0.25) is 0 Å². The Bertz CT molecular complexity index is 941. The molecule has 9 heteroatoms. The predicted molar refractivity (Wildman–Crippen MR) is 87.8 cm³/mol. The topological polar surface area (TPSA) is 103 Å². The number of hydrogen-bond acceptors (Lipinski definition) is 8. The monoisotopic (exact) mass is 360 g/mol. The molecule has 0 unspecified atom stereocenters. The molecule has 0 aromatic carbocycles. The lowest BCUT2D eigenvalue weighted by Crippen LogP contribution is -2.34. The first-order valence-corrected chi connectivity index (χ1v) is 8.86. The van der Waals surface area contributed by atoms with Gasteiger partial charge in [0.25, 0.3) is 0 Å². The summed E-state index contributed by atoms with van der Waals surface area (Å²) in [4.78, 5) is 13.8. The van der Waals surface area contributed by atoms with Gasteiger partial charge in [0.15, 0.2) is 6.23 Å². The van der Waals surface area contributed by atoms with E-state index in [4.69, 9.17) is 9.47 Å². The van der Waals surface area contributed by atoms with Crippen LogP contribution in [-0.4, -0.2) is 48.0 Å². The van der Waals surface area contributed by atoms with Crippen LogP contribution >= 0.6 is 11.3 Å². The number of aromatic nitrogens is 4. The van der Waals surface area contributed by atoms with Crippen molar-refractivity contribution < 1.29 is 19.7 Å². The molecule has 0 aliphatic carbocycles. The van der Waals surface area contributed by atoms with Crippen LogP contribution < -0.4 is 0 Å². The summed E-state index contributed by atoms with van der Waals surface area (Å²) in [7, 11) is 0. The predicted octanol–water partition coefficient (Wildman–Crippen LogP) is 1.09. The molecular weight excluding hydrogens is 344 g/mol. The summed E-state index contributed by atoms with van der Waals surface area (Å²) in [6.07, 6.45) is -0.828. The first kappa shape index (κ1) is 15.4. The molecule has 130 valence electrons. The normalized spacial score (nSPS) is 31.7. The molecule has 0 bridgehead atoms. The second kappa shape index (κ2) is 5.55. The smallest absolute Gasteiger partial charge is 0.164 e. The minimum absolute atomic E-state index is 0.455. The maximum Gasteiger partial charge on any atom is 0.164 e. The van der Waals surface area contributed by atoms with Gasteiger partial charge in [-0.3, -0.25) is 0 Å². The van der Waals surface area contributed by atoms with Crippen LogP contribution in [0.25, 0.3) is 11.0 Å². The Hall–Kier alpha value is -1.91. The van der Waals surface area contributed by atoms with E-state index in [2.05, 4.69) is 15.0 Å². The number of fused-ring (bicyclic) bond motifs is 2. The van der Waals surface area contributed by atoms with Gasteiger partial charge >= 0.3 is 0 Å². The summed E-state index contributed by atoms with van der Waals surface area (Å²) < 4.78 is 13.5. The zero-order chi connectivity index (χ0) is 17.1. The molecule has 0 radical (unpaired) electrons. The van der Waals surface area contributed by atoms with Crippen molar-refractivity contribution in [2.45, 2.75) is 44.2 Å². The summed E-state index contributed by atoms with van der Waals surface area (Å²) in [5.74, 6) is 0. The molecule has 5 atom stereocenters. The third-order valence-corrected chi connectivity index (χ3v) is 5.71. The number of nitrogens with zero attached hydrogens (tertiary/aromatic N) is 4. The van der Waals surface area contributed by atoms with Gasteiger partial charge in [-0.25, -0.2) is 15.0 Å². The van der Waals surface area contributed by atoms with E-state index in [0.29, 0.717) is 12.3 Å². The van der Waals surface area contributed by atoms with Crippen LogP contribution in [0.15, 0.2) is 24.1 Å². The highest BCUT2D eigenvalue weighted by Crippen LogP contribution is 2.43. The Labute approximate surface area is 146 Å². The highest BCUT2D eigenvalue weighted by atomic mass is 32.1. The summed E-state index contributed by atoms with van der Waals surface area (Å²) in [5, 5.41) is 22.0. The van der Waals surface area contributed by atoms with Crippen LogP contribution in [0.5, 0.6) is 0 Å². The average Bonchev–Trinajstić information content (AvgIpc) is 3.34. The van der Waals surface area contributed by atoms with E-state index in [-0.39, 0.29) is 0 Å². The maximum absolute atomic E-state index is 10.6. The van der Waals surface area contributed by atoms with Crippen molar-refractivity contribution in [3.8, 4) is 0 Å². The Balaban J connectivity index is 1.50. The summed E-state index contributed by atoms with van der Waals surface area (Å²) >= 11 is 1.52. The summed E-state index contributed by atoms with van der Waals surface area (Å²) in [6.45, 7) is 2.35. The fraction of sp³-hybridized carbons (Fsp3) is 0.438. The Kier molecular flexibility index (Phi) is 3.41. The van der Waals surface area contributed by atoms with Gasteiger partial charge in [-0.1, -0.05) is 0 Å². The fourth-order valence-corrected chi connectivity index (χ4v) is 4.30. The van der Waals surface area contributed by atoms with Crippen molar-refractivity contribution in [2.75, 3.05) is 0 Å². The standard InChI is InChI=1S/C16H16N4O4S/c1-7-8-2-3-20(15(8)18-5-17-7)16-12(22)11(21)14(24-16)13-10-9(4-23-13)25-6-19-10/h2-3,5-6,11-14,16,21-22H,4H2,1H3/t11-,12+,13+,14-,16+/m0/s1. The SMILES string of the molecule is Cc1ncnc2c1ccn2[C@@H]1O[C@H]([C@@H]2OCc3scnc32)[C@@H](O)[C@H]1O. The molecule has 2 N–H and O–H groups in total. The molecule has 0 spiro atoms. The molecule has 3 aromatic heterocycles. The molecule has 1 fully saturated rings. The number of hydrogen-bond donors (Lipinski definition) is 2. The molecule has 8 nitrogen and oxygen atoms in total. The van der Waals surface area contributed by atoms with Gasteiger partial charge in [-0.15, -0.1) is 11.3 Å². The van der Waals surface area contributed by atoms with Crippen LogP contribution in [0, 0.1) is 6.92 Å². The van der Waals surface area contributed by atoms with E-state index in [9.17, 15) is 10.2 Å². The van der Waals surface area contributed by atoms with Gasteiger partial charge in [0, 0.05) is 11.6 Å². The number of rotatable bonds is 2. The van der Waals surface area contributed by atoms with E-state index < -0.39 is 30.6 Å². The van der Waals surface area contributed by atoms with E-state index >= 15 is 0 Å². The van der Waals surface area contributed by atoms with Gasteiger partial charge in [-0.2, -0.15) is 0 Å². The van der Waals surface area contributed by atoms with E-state index in [0.717, 1.165) is 21.7 Å². The van der Waals surface area contributed by atoms with Crippen molar-refractivity contribution in [3.05, 3.63) is 40.4 Å². The molecule has 25 heavy (non-hydrogen) atoms. The van der Waals surface area contributed by atoms with Crippen LogP contribution in [0.1, 0.15) is 28.6 Å². The van der Waals surface area contributed by atoms with Gasteiger partial charge in [0.05, 0.1) is 28.4 Å². The largest absolute Gasteiger partial charge is 0.387 e. The van der Waals surface area contributed by atoms with E-state index in [1.165, 1.54) is 17.7 Å². The van der Waals surface area contributed by atoms with Crippen molar-refractivity contribution in [3.63, 3.8) is 0 Å². The number of aliphatic hydroxyl groups is 2. The molecule has 1 saturated heterocycles. The first-order valence-electron chi connectivity index (χ1n) is 7.98. The molecule has 2 aliphatic heterocycles. The number of thiazole rings is 1. The number of ether oxygens (including phenoxy) is 2. The van der Waals surface area contributed by atoms with Gasteiger partial charge < -0.3 is 24.3 Å². The first-order chi connectivity index (χ1) is 12.1. The van der Waals surface area contributed by atoms with Crippen LogP contribution in [-0.2, 0) is 16.1 Å². The fourth-order valence-electron chi connectivity index (χ4n) is 3.58. The molecule has 0 saturated carbocycles. The van der Waals surface area contributed by atoms with Crippen molar-refractivity contribution in [1.29, 1.82) is 0 Å². The highest BCUT2D eigenvalue weighted by molar-refractivity contribution is 7.09. The van der Waals surface area contributed by atoms with Crippen molar-refractivity contribution in [1.82, 2.24) is 19.5 Å². The van der Waals surface area contributed by atoms with E-state index in [1.807, 2.05) is 13.0 Å². The number of aryl methyl sites for hydroxylation is 1. The molecule has 3 aromatic rings. The lowest BCUT2D eigenvalue weighted by atomic mass is 10.0. The third kappa shape index (κ3) is 2.17. The number of aliphatic hydroxyl groups excluding tert-OH is 2. The van der Waals surface area contributed by atoms with Crippen LogP contribution in [0.4, 0.5) is 0 Å². The Morgan fingerprint density at radius 3 is 3.00 bits per heavy atom. The second-order valence-corrected chi connectivity index (χ2v) is 7.22. The van der Waals surface area contributed by atoms with Crippen molar-refractivity contribution in [2.24, 2.45) is 0 Å². The Morgan fingerprint density at radius 2 is 2.12 bits per heavy atom.